The van der Waals surface area contributed by atoms with Gasteiger partial charge in [-0.3, -0.25) is 19.7 Å². The Morgan fingerprint density at radius 2 is 1.75 bits per heavy atom. The van der Waals surface area contributed by atoms with E-state index in [9.17, 15) is 19.7 Å². The molecule has 3 aromatic rings. The first-order valence-electron chi connectivity index (χ1n) is 10.2. The molecule has 164 valence electrons. The van der Waals surface area contributed by atoms with Gasteiger partial charge in [0.2, 0.25) is 0 Å². The first-order chi connectivity index (χ1) is 15.4. The first-order valence-corrected chi connectivity index (χ1v) is 11.0. The highest BCUT2D eigenvalue weighted by Crippen LogP contribution is 2.23. The largest absolute Gasteiger partial charge is 0.368 e. The van der Waals surface area contributed by atoms with E-state index in [0.29, 0.717) is 29.9 Å². The number of nitro groups is 1. The number of nitro benzene ring substituents is 1. The number of rotatable bonds is 5. The van der Waals surface area contributed by atoms with Gasteiger partial charge in [-0.1, -0.05) is 6.07 Å². The van der Waals surface area contributed by atoms with Crippen LogP contribution in [0.3, 0.4) is 0 Å². The van der Waals surface area contributed by atoms with E-state index >= 15 is 0 Å². The lowest BCUT2D eigenvalue weighted by atomic mass is 10.1. The van der Waals surface area contributed by atoms with Crippen LogP contribution in [-0.4, -0.2) is 47.8 Å². The standard InChI is InChI=1S/C23H22N4O4S/c1-16-15-17(4-9-20(16)27(30)31)22(28)24-18-5-7-19(8-6-18)25-10-12-26(13-11-25)23(29)21-3-2-14-32-21/h2-9,14-15H,10-13H2,1H3,(H,24,28). The van der Waals surface area contributed by atoms with Crippen molar-refractivity contribution in [3.8, 4) is 0 Å². The molecule has 1 N–H and O–H groups in total. The second-order valence-corrected chi connectivity index (χ2v) is 8.46. The number of carbonyl (C=O) groups is 2. The van der Waals surface area contributed by atoms with Crippen LogP contribution in [0.15, 0.2) is 60.0 Å². The Morgan fingerprint density at radius 1 is 1.03 bits per heavy atom. The molecule has 1 aromatic heterocycles. The van der Waals surface area contributed by atoms with Gasteiger partial charge in [-0.05, 0) is 54.8 Å². The minimum absolute atomic E-state index is 0.0110. The Balaban J connectivity index is 1.34. The molecule has 0 aliphatic carbocycles. The number of thiophene rings is 1. The molecule has 0 atom stereocenters. The zero-order valence-electron chi connectivity index (χ0n) is 17.5. The molecule has 1 fully saturated rings. The van der Waals surface area contributed by atoms with Crippen molar-refractivity contribution in [1.82, 2.24) is 4.90 Å². The second kappa shape index (κ2) is 9.19. The fourth-order valence-electron chi connectivity index (χ4n) is 3.68. The maximum atomic E-state index is 12.5. The lowest BCUT2D eigenvalue weighted by molar-refractivity contribution is -0.385. The van der Waals surface area contributed by atoms with Crippen molar-refractivity contribution < 1.29 is 14.5 Å². The fourth-order valence-corrected chi connectivity index (χ4v) is 4.38. The zero-order chi connectivity index (χ0) is 22.7. The third-order valence-electron chi connectivity index (χ3n) is 5.44. The maximum Gasteiger partial charge on any atom is 0.272 e. The summed E-state index contributed by atoms with van der Waals surface area (Å²) in [4.78, 5) is 40.3. The predicted molar refractivity (Wildman–Crippen MR) is 125 cm³/mol. The number of anilines is 2. The second-order valence-electron chi connectivity index (χ2n) is 7.52. The van der Waals surface area contributed by atoms with E-state index in [2.05, 4.69) is 10.2 Å². The van der Waals surface area contributed by atoms with E-state index in [0.717, 1.165) is 23.7 Å². The number of carbonyl (C=O) groups excluding carboxylic acids is 2. The Hall–Kier alpha value is -3.72. The molecule has 4 rings (SSSR count). The molecule has 0 bridgehead atoms. The smallest absolute Gasteiger partial charge is 0.272 e. The Morgan fingerprint density at radius 3 is 2.34 bits per heavy atom. The minimum atomic E-state index is -0.465. The van der Waals surface area contributed by atoms with Crippen LogP contribution in [0.5, 0.6) is 0 Å². The molecular weight excluding hydrogens is 428 g/mol. The summed E-state index contributed by atoms with van der Waals surface area (Å²) in [6.45, 7) is 4.41. The van der Waals surface area contributed by atoms with Gasteiger partial charge in [0, 0.05) is 54.7 Å². The van der Waals surface area contributed by atoms with Crippen molar-refractivity contribution in [3.63, 3.8) is 0 Å². The molecule has 0 radical (unpaired) electrons. The van der Waals surface area contributed by atoms with Crippen LogP contribution in [-0.2, 0) is 0 Å². The van der Waals surface area contributed by atoms with Gasteiger partial charge in [0.25, 0.3) is 17.5 Å². The number of nitrogens with zero attached hydrogens (tertiary/aromatic N) is 3. The molecule has 1 aliphatic rings. The minimum Gasteiger partial charge on any atom is -0.368 e. The number of amides is 2. The fraction of sp³-hybridized carbons (Fsp3) is 0.217. The number of nitrogens with one attached hydrogen (secondary N) is 1. The topological polar surface area (TPSA) is 95.8 Å². The zero-order valence-corrected chi connectivity index (χ0v) is 18.3. The Bertz CT molecular complexity index is 1140. The van der Waals surface area contributed by atoms with Crippen molar-refractivity contribution in [2.24, 2.45) is 0 Å². The summed E-state index contributed by atoms with van der Waals surface area (Å²) in [6, 6.07) is 15.6. The molecule has 2 heterocycles. The molecule has 32 heavy (non-hydrogen) atoms. The van der Waals surface area contributed by atoms with Gasteiger partial charge >= 0.3 is 0 Å². The third kappa shape index (κ3) is 4.62. The van der Waals surface area contributed by atoms with Crippen LogP contribution >= 0.6 is 11.3 Å². The summed E-state index contributed by atoms with van der Waals surface area (Å²) >= 11 is 1.46. The summed E-state index contributed by atoms with van der Waals surface area (Å²) in [5.41, 5.74) is 2.46. The SMILES string of the molecule is Cc1cc(C(=O)Nc2ccc(N3CCN(C(=O)c4cccs4)CC3)cc2)ccc1[N+](=O)[O-]. The van der Waals surface area contributed by atoms with E-state index in [1.54, 1.807) is 6.92 Å². The van der Waals surface area contributed by atoms with E-state index in [1.807, 2.05) is 46.7 Å². The molecular formula is C23H22N4O4S. The molecule has 0 unspecified atom stereocenters. The molecule has 9 heteroatoms. The lowest BCUT2D eigenvalue weighted by Gasteiger charge is -2.36. The summed E-state index contributed by atoms with van der Waals surface area (Å²) in [5.74, 6) is -0.240. The number of hydrogen-bond acceptors (Lipinski definition) is 6. The van der Waals surface area contributed by atoms with Crippen molar-refractivity contribution in [3.05, 3.63) is 86.1 Å². The highest BCUT2D eigenvalue weighted by atomic mass is 32.1. The van der Waals surface area contributed by atoms with E-state index in [1.165, 1.54) is 29.5 Å². The molecule has 1 saturated heterocycles. The average Bonchev–Trinajstić information content (AvgIpc) is 3.34. The van der Waals surface area contributed by atoms with Gasteiger partial charge in [-0.2, -0.15) is 0 Å². The van der Waals surface area contributed by atoms with Crippen molar-refractivity contribution in [2.75, 3.05) is 36.4 Å². The van der Waals surface area contributed by atoms with E-state index < -0.39 is 4.92 Å². The summed E-state index contributed by atoms with van der Waals surface area (Å²) in [6.07, 6.45) is 0. The quantitative estimate of drug-likeness (QED) is 0.465. The van der Waals surface area contributed by atoms with Crippen LogP contribution in [0.25, 0.3) is 0 Å². The van der Waals surface area contributed by atoms with E-state index in [4.69, 9.17) is 0 Å². The molecule has 0 saturated carbocycles. The average molecular weight is 451 g/mol. The highest BCUT2D eigenvalue weighted by molar-refractivity contribution is 7.12. The van der Waals surface area contributed by atoms with Crippen LogP contribution in [0.4, 0.5) is 17.1 Å². The lowest BCUT2D eigenvalue weighted by Crippen LogP contribution is -2.48. The van der Waals surface area contributed by atoms with Crippen molar-refractivity contribution in [1.29, 1.82) is 0 Å². The predicted octanol–water partition coefficient (Wildman–Crippen LogP) is 4.18. The summed E-state index contributed by atoms with van der Waals surface area (Å²) < 4.78 is 0. The Labute approximate surface area is 189 Å². The van der Waals surface area contributed by atoms with Crippen LogP contribution in [0, 0.1) is 17.0 Å². The van der Waals surface area contributed by atoms with Crippen LogP contribution in [0.2, 0.25) is 0 Å². The monoisotopic (exact) mass is 450 g/mol. The third-order valence-corrected chi connectivity index (χ3v) is 6.30. The van der Waals surface area contributed by atoms with Gasteiger partial charge in [-0.15, -0.1) is 11.3 Å². The van der Waals surface area contributed by atoms with Crippen molar-refractivity contribution >= 4 is 40.2 Å². The number of aryl methyl sites for hydroxylation is 1. The van der Waals surface area contributed by atoms with Gasteiger partial charge in [-0.25, -0.2) is 0 Å². The number of benzene rings is 2. The van der Waals surface area contributed by atoms with Gasteiger partial charge in [0.05, 0.1) is 9.80 Å². The first kappa shape index (κ1) is 21.5. The molecule has 2 aromatic carbocycles. The summed E-state index contributed by atoms with van der Waals surface area (Å²) in [5, 5.41) is 15.7. The summed E-state index contributed by atoms with van der Waals surface area (Å²) in [7, 11) is 0. The van der Waals surface area contributed by atoms with Gasteiger partial charge in [0.15, 0.2) is 0 Å². The maximum absolute atomic E-state index is 12.5. The van der Waals surface area contributed by atoms with E-state index in [-0.39, 0.29) is 17.5 Å². The number of piperazine rings is 1. The van der Waals surface area contributed by atoms with Gasteiger partial charge in [0.1, 0.15) is 0 Å². The van der Waals surface area contributed by atoms with Crippen LogP contribution < -0.4 is 10.2 Å². The highest BCUT2D eigenvalue weighted by Gasteiger charge is 2.23. The number of hydrogen-bond donors (Lipinski definition) is 1. The molecule has 2 amide bonds. The van der Waals surface area contributed by atoms with Crippen molar-refractivity contribution in [2.45, 2.75) is 6.92 Å². The molecule has 1 aliphatic heterocycles. The Kier molecular flexibility index (Phi) is 6.18. The van der Waals surface area contributed by atoms with Crippen LogP contribution in [0.1, 0.15) is 25.6 Å². The normalized spacial score (nSPS) is 13.7. The molecule has 0 spiro atoms. The molecule has 8 nitrogen and oxygen atoms in total. The van der Waals surface area contributed by atoms with Gasteiger partial charge < -0.3 is 15.1 Å².